The van der Waals surface area contributed by atoms with Crippen LogP contribution in [0.3, 0.4) is 0 Å². The zero-order valence-electron chi connectivity index (χ0n) is 19.1. The number of piperidine rings is 1. The van der Waals surface area contributed by atoms with E-state index in [4.69, 9.17) is 4.99 Å². The number of halogens is 1. The van der Waals surface area contributed by atoms with Gasteiger partial charge in [0.25, 0.3) is 0 Å². The summed E-state index contributed by atoms with van der Waals surface area (Å²) in [5, 5.41) is 12.1. The third-order valence-corrected chi connectivity index (χ3v) is 7.23. The van der Waals surface area contributed by atoms with E-state index < -0.39 is 0 Å². The summed E-state index contributed by atoms with van der Waals surface area (Å²) < 4.78 is 0. The van der Waals surface area contributed by atoms with Crippen molar-refractivity contribution in [1.29, 1.82) is 0 Å². The van der Waals surface area contributed by atoms with Gasteiger partial charge in [0.2, 0.25) is 5.91 Å². The summed E-state index contributed by atoms with van der Waals surface area (Å²) in [5.41, 5.74) is 0. The lowest BCUT2D eigenvalue weighted by atomic mass is 9.88. The van der Waals surface area contributed by atoms with E-state index in [-0.39, 0.29) is 29.9 Å². The van der Waals surface area contributed by atoms with Crippen LogP contribution in [0.25, 0.3) is 0 Å². The second kappa shape index (κ2) is 14.3. The summed E-state index contributed by atoms with van der Waals surface area (Å²) in [5.74, 6) is 1.49. The minimum Gasteiger partial charge on any atom is -0.357 e. The van der Waals surface area contributed by atoms with E-state index in [0.29, 0.717) is 31.0 Å². The molecule has 6 nitrogen and oxygen atoms in total. The molecule has 3 rings (SSSR count). The Morgan fingerprint density at radius 1 is 1.19 bits per heavy atom. The first-order valence-corrected chi connectivity index (χ1v) is 12.6. The molecule has 1 saturated heterocycles. The van der Waals surface area contributed by atoms with Gasteiger partial charge in [-0.25, -0.2) is 0 Å². The van der Waals surface area contributed by atoms with Crippen LogP contribution >= 0.6 is 35.3 Å². The molecular weight excluding hydrogens is 521 g/mol. The number of nitrogens with one attached hydrogen (secondary N) is 3. The summed E-state index contributed by atoms with van der Waals surface area (Å²) in [6, 6.07) is 5.23. The minimum absolute atomic E-state index is 0. The normalized spacial score (nSPS) is 23.1. The molecule has 1 aromatic heterocycles. The average molecular weight is 562 g/mol. The average Bonchev–Trinajstić information content (AvgIpc) is 3.27. The number of hydrogen-bond donors (Lipinski definition) is 3. The molecule has 1 aliphatic heterocycles. The van der Waals surface area contributed by atoms with E-state index in [9.17, 15) is 4.79 Å². The maximum absolute atomic E-state index is 12.3. The van der Waals surface area contributed by atoms with Crippen molar-refractivity contribution >= 4 is 47.2 Å². The van der Waals surface area contributed by atoms with Gasteiger partial charge in [-0.1, -0.05) is 25.3 Å². The SMILES string of the molecule is CCNC(=NCC1CCCN(C)C1c1cccs1)NCCC(=O)NC1CCCCC1.I. The highest BCUT2D eigenvalue weighted by Crippen LogP contribution is 2.37. The summed E-state index contributed by atoms with van der Waals surface area (Å²) in [6.07, 6.45) is 8.97. The van der Waals surface area contributed by atoms with Crippen molar-refractivity contribution in [3.63, 3.8) is 0 Å². The van der Waals surface area contributed by atoms with Crippen molar-refractivity contribution in [2.24, 2.45) is 10.9 Å². The highest BCUT2D eigenvalue weighted by molar-refractivity contribution is 14.0. The molecule has 8 heteroatoms. The van der Waals surface area contributed by atoms with E-state index >= 15 is 0 Å². The Kier molecular flexibility index (Phi) is 12.2. The molecule has 1 amide bonds. The molecule has 1 saturated carbocycles. The fraction of sp³-hybridized carbons (Fsp3) is 0.739. The topological polar surface area (TPSA) is 68.8 Å². The largest absolute Gasteiger partial charge is 0.357 e. The van der Waals surface area contributed by atoms with Gasteiger partial charge in [-0.05, 0) is 63.6 Å². The van der Waals surface area contributed by atoms with Crippen LogP contribution in [0.5, 0.6) is 0 Å². The number of aliphatic imine (C=N–C) groups is 1. The zero-order chi connectivity index (χ0) is 21.2. The predicted octanol–water partition coefficient (Wildman–Crippen LogP) is 4.14. The van der Waals surface area contributed by atoms with Gasteiger partial charge < -0.3 is 16.0 Å². The van der Waals surface area contributed by atoms with Gasteiger partial charge in [0.15, 0.2) is 5.96 Å². The maximum atomic E-state index is 12.3. The summed E-state index contributed by atoms with van der Waals surface area (Å²) >= 11 is 1.85. The number of nitrogens with zero attached hydrogens (tertiary/aromatic N) is 2. The van der Waals surface area contributed by atoms with E-state index in [1.807, 2.05) is 11.3 Å². The first-order valence-electron chi connectivity index (χ1n) is 11.7. The van der Waals surface area contributed by atoms with Gasteiger partial charge in [0, 0.05) is 43.0 Å². The lowest BCUT2D eigenvalue weighted by molar-refractivity contribution is -0.121. The molecule has 0 aromatic carbocycles. The van der Waals surface area contributed by atoms with Gasteiger partial charge in [-0.2, -0.15) is 0 Å². The van der Waals surface area contributed by atoms with Gasteiger partial charge in [-0.15, -0.1) is 35.3 Å². The molecule has 0 radical (unpaired) electrons. The maximum Gasteiger partial charge on any atom is 0.221 e. The standard InChI is InChI=1S/C23H39N5OS.HI/c1-3-24-23(25-14-13-21(29)27-19-10-5-4-6-11-19)26-17-18-9-7-15-28(2)22(18)20-12-8-16-30-20;/h8,12,16,18-19,22H,3-7,9-11,13-15,17H2,1-2H3,(H,27,29)(H2,24,25,26);1H. The van der Waals surface area contributed by atoms with Crippen LogP contribution in [0.15, 0.2) is 22.5 Å². The van der Waals surface area contributed by atoms with Crippen molar-refractivity contribution in [1.82, 2.24) is 20.9 Å². The van der Waals surface area contributed by atoms with E-state index in [1.54, 1.807) is 0 Å². The van der Waals surface area contributed by atoms with Gasteiger partial charge in [0.05, 0.1) is 0 Å². The summed E-state index contributed by atoms with van der Waals surface area (Å²) in [7, 11) is 2.23. The van der Waals surface area contributed by atoms with E-state index in [0.717, 1.165) is 38.4 Å². The molecule has 1 aromatic rings. The lowest BCUT2D eigenvalue weighted by Gasteiger charge is -2.38. The first-order chi connectivity index (χ1) is 14.7. The van der Waals surface area contributed by atoms with E-state index in [1.165, 1.54) is 37.0 Å². The molecule has 0 bridgehead atoms. The smallest absolute Gasteiger partial charge is 0.221 e. The van der Waals surface area contributed by atoms with Crippen molar-refractivity contribution in [3.05, 3.63) is 22.4 Å². The fourth-order valence-corrected chi connectivity index (χ4v) is 5.73. The molecule has 3 N–H and O–H groups in total. The molecule has 0 spiro atoms. The molecular formula is C23H40IN5OS. The Labute approximate surface area is 209 Å². The Hall–Kier alpha value is -0.870. The van der Waals surface area contributed by atoms with Gasteiger partial charge in [-0.3, -0.25) is 14.7 Å². The van der Waals surface area contributed by atoms with Gasteiger partial charge >= 0.3 is 0 Å². The number of thiophene rings is 1. The highest BCUT2D eigenvalue weighted by atomic mass is 127. The second-order valence-corrected chi connectivity index (χ2v) is 9.62. The third kappa shape index (κ3) is 8.53. The molecule has 31 heavy (non-hydrogen) atoms. The number of hydrogen-bond acceptors (Lipinski definition) is 4. The van der Waals surface area contributed by atoms with Crippen LogP contribution in [0, 0.1) is 5.92 Å². The number of guanidine groups is 1. The Bertz CT molecular complexity index is 663. The number of carbonyl (C=O) groups is 1. The molecule has 2 fully saturated rings. The summed E-state index contributed by atoms with van der Waals surface area (Å²) in [4.78, 5) is 21.1. The highest BCUT2D eigenvalue weighted by Gasteiger charge is 2.31. The van der Waals surface area contributed by atoms with Crippen LogP contribution in [-0.4, -0.2) is 56.0 Å². The molecule has 176 valence electrons. The Balaban J connectivity index is 0.00000341. The molecule has 1 aliphatic carbocycles. The van der Waals surface area contributed by atoms with Crippen LogP contribution in [0.1, 0.15) is 69.2 Å². The minimum atomic E-state index is 0. The van der Waals surface area contributed by atoms with Gasteiger partial charge in [0.1, 0.15) is 0 Å². The number of likely N-dealkylation sites (tertiary alicyclic amines) is 1. The van der Waals surface area contributed by atoms with Crippen molar-refractivity contribution in [2.45, 2.75) is 70.4 Å². The molecule has 2 heterocycles. The molecule has 2 unspecified atom stereocenters. The van der Waals surface area contributed by atoms with Crippen LogP contribution in [-0.2, 0) is 4.79 Å². The van der Waals surface area contributed by atoms with Crippen LogP contribution < -0.4 is 16.0 Å². The monoisotopic (exact) mass is 561 g/mol. The molecule has 2 atom stereocenters. The number of rotatable bonds is 8. The first kappa shape index (κ1) is 26.4. The van der Waals surface area contributed by atoms with Crippen molar-refractivity contribution < 1.29 is 4.79 Å². The fourth-order valence-electron chi connectivity index (χ4n) is 4.75. The number of amides is 1. The quantitative estimate of drug-likeness (QED) is 0.254. The summed E-state index contributed by atoms with van der Waals surface area (Å²) in [6.45, 7) is 5.46. The third-order valence-electron chi connectivity index (χ3n) is 6.28. The van der Waals surface area contributed by atoms with Crippen molar-refractivity contribution in [3.8, 4) is 0 Å². The predicted molar refractivity (Wildman–Crippen MR) is 141 cm³/mol. The Morgan fingerprint density at radius 2 is 2.00 bits per heavy atom. The Morgan fingerprint density at radius 3 is 2.71 bits per heavy atom. The number of carbonyl (C=O) groups excluding carboxylic acids is 1. The second-order valence-electron chi connectivity index (χ2n) is 8.64. The molecule has 2 aliphatic rings. The van der Waals surface area contributed by atoms with Crippen LogP contribution in [0.4, 0.5) is 0 Å². The van der Waals surface area contributed by atoms with Crippen molar-refractivity contribution in [2.75, 3.05) is 33.2 Å². The van der Waals surface area contributed by atoms with Crippen LogP contribution in [0.2, 0.25) is 0 Å². The van der Waals surface area contributed by atoms with E-state index in [2.05, 4.69) is 52.3 Å². The zero-order valence-corrected chi connectivity index (χ0v) is 22.2. The lowest BCUT2D eigenvalue weighted by Crippen LogP contribution is -2.42.